The maximum absolute atomic E-state index is 11.7. The zero-order valence-corrected chi connectivity index (χ0v) is 9.17. The first-order valence-corrected chi connectivity index (χ1v) is 5.55. The van der Waals surface area contributed by atoms with Crippen molar-refractivity contribution >= 4 is 22.2 Å². The van der Waals surface area contributed by atoms with Gasteiger partial charge in [-0.2, -0.15) is 0 Å². The molecule has 0 aliphatic heterocycles. The Morgan fingerprint density at radius 1 is 1.27 bits per heavy atom. The SMILES string of the molecule is Cc1csc(NC(=O)c2ccccc2)c1. The normalized spacial score (nSPS) is 9.93. The summed E-state index contributed by atoms with van der Waals surface area (Å²) in [4.78, 5) is 11.7. The molecule has 2 aromatic rings. The Bertz CT molecular complexity index is 461. The summed E-state index contributed by atoms with van der Waals surface area (Å²) in [5.74, 6) is -0.0579. The third-order valence-corrected chi connectivity index (χ3v) is 2.97. The second kappa shape index (κ2) is 4.28. The van der Waals surface area contributed by atoms with E-state index in [0.717, 1.165) is 5.00 Å². The van der Waals surface area contributed by atoms with Crippen LogP contribution in [0.5, 0.6) is 0 Å². The van der Waals surface area contributed by atoms with Crippen LogP contribution >= 0.6 is 11.3 Å². The molecule has 1 heterocycles. The molecule has 0 unspecified atom stereocenters. The molecule has 0 saturated heterocycles. The minimum absolute atomic E-state index is 0.0579. The first kappa shape index (κ1) is 9.93. The van der Waals surface area contributed by atoms with Crippen molar-refractivity contribution in [2.75, 3.05) is 5.32 Å². The molecule has 0 saturated carbocycles. The third kappa shape index (κ3) is 2.44. The minimum atomic E-state index is -0.0579. The van der Waals surface area contributed by atoms with Crippen molar-refractivity contribution in [2.24, 2.45) is 0 Å². The number of amides is 1. The van der Waals surface area contributed by atoms with Gasteiger partial charge in [0.15, 0.2) is 0 Å². The van der Waals surface area contributed by atoms with Gasteiger partial charge in [0, 0.05) is 5.56 Å². The fraction of sp³-hybridized carbons (Fsp3) is 0.0833. The van der Waals surface area contributed by atoms with Crippen molar-refractivity contribution < 1.29 is 4.79 Å². The number of aryl methyl sites for hydroxylation is 1. The molecule has 2 rings (SSSR count). The van der Waals surface area contributed by atoms with Gasteiger partial charge in [-0.05, 0) is 36.1 Å². The van der Waals surface area contributed by atoms with Crippen LogP contribution in [0.1, 0.15) is 15.9 Å². The number of anilines is 1. The van der Waals surface area contributed by atoms with Gasteiger partial charge < -0.3 is 5.32 Å². The van der Waals surface area contributed by atoms with Crippen LogP contribution in [0.4, 0.5) is 5.00 Å². The van der Waals surface area contributed by atoms with Crippen LogP contribution in [-0.2, 0) is 0 Å². The summed E-state index contributed by atoms with van der Waals surface area (Å²) >= 11 is 1.54. The van der Waals surface area contributed by atoms with E-state index >= 15 is 0 Å². The van der Waals surface area contributed by atoms with E-state index in [9.17, 15) is 4.79 Å². The van der Waals surface area contributed by atoms with Crippen molar-refractivity contribution in [1.82, 2.24) is 0 Å². The second-order valence-electron chi connectivity index (χ2n) is 3.31. The number of thiophene rings is 1. The maximum atomic E-state index is 11.7. The Hall–Kier alpha value is -1.61. The van der Waals surface area contributed by atoms with E-state index in [1.165, 1.54) is 5.56 Å². The van der Waals surface area contributed by atoms with E-state index < -0.39 is 0 Å². The topological polar surface area (TPSA) is 29.1 Å². The van der Waals surface area contributed by atoms with Gasteiger partial charge in [-0.1, -0.05) is 18.2 Å². The summed E-state index contributed by atoms with van der Waals surface area (Å²) in [6, 6.07) is 11.2. The minimum Gasteiger partial charge on any atom is -0.314 e. The Morgan fingerprint density at radius 2 is 2.00 bits per heavy atom. The first-order chi connectivity index (χ1) is 7.25. The van der Waals surface area contributed by atoms with Crippen molar-refractivity contribution in [3.8, 4) is 0 Å². The number of carbonyl (C=O) groups excluding carboxylic acids is 1. The van der Waals surface area contributed by atoms with Crippen molar-refractivity contribution in [2.45, 2.75) is 6.92 Å². The summed E-state index contributed by atoms with van der Waals surface area (Å²) in [6.07, 6.45) is 0. The van der Waals surface area contributed by atoms with E-state index in [4.69, 9.17) is 0 Å². The lowest BCUT2D eigenvalue weighted by Gasteiger charge is -2.01. The second-order valence-corrected chi connectivity index (χ2v) is 4.22. The lowest BCUT2D eigenvalue weighted by molar-refractivity contribution is 0.102. The average molecular weight is 217 g/mol. The monoisotopic (exact) mass is 217 g/mol. The molecule has 0 bridgehead atoms. The van der Waals surface area contributed by atoms with E-state index in [1.54, 1.807) is 23.5 Å². The predicted octanol–water partition coefficient (Wildman–Crippen LogP) is 3.31. The van der Waals surface area contributed by atoms with Crippen LogP contribution in [-0.4, -0.2) is 5.91 Å². The quantitative estimate of drug-likeness (QED) is 0.821. The summed E-state index contributed by atoms with van der Waals surface area (Å²) in [5, 5.41) is 5.76. The van der Waals surface area contributed by atoms with Gasteiger partial charge in [0.2, 0.25) is 0 Å². The molecule has 0 atom stereocenters. The molecule has 1 amide bonds. The predicted molar refractivity (Wildman–Crippen MR) is 63.5 cm³/mol. The highest BCUT2D eigenvalue weighted by atomic mass is 32.1. The van der Waals surface area contributed by atoms with Crippen LogP contribution in [0.2, 0.25) is 0 Å². The number of carbonyl (C=O) groups is 1. The van der Waals surface area contributed by atoms with Gasteiger partial charge in [-0.25, -0.2) is 0 Å². The molecule has 0 fully saturated rings. The van der Waals surface area contributed by atoms with Crippen molar-refractivity contribution in [1.29, 1.82) is 0 Å². The molecule has 0 aliphatic rings. The number of rotatable bonds is 2. The highest BCUT2D eigenvalue weighted by Gasteiger charge is 2.05. The molecule has 2 nitrogen and oxygen atoms in total. The van der Waals surface area contributed by atoms with E-state index in [2.05, 4.69) is 5.32 Å². The van der Waals surface area contributed by atoms with E-state index in [-0.39, 0.29) is 5.91 Å². The largest absolute Gasteiger partial charge is 0.314 e. The van der Waals surface area contributed by atoms with Crippen molar-refractivity contribution in [3.05, 3.63) is 52.9 Å². The average Bonchev–Trinajstić information content (AvgIpc) is 2.65. The smallest absolute Gasteiger partial charge is 0.256 e. The molecule has 0 aliphatic carbocycles. The van der Waals surface area contributed by atoms with Gasteiger partial charge in [-0.3, -0.25) is 4.79 Å². The molecule has 1 aromatic heterocycles. The zero-order chi connectivity index (χ0) is 10.7. The molecule has 15 heavy (non-hydrogen) atoms. The van der Waals surface area contributed by atoms with Crippen LogP contribution < -0.4 is 5.32 Å². The zero-order valence-electron chi connectivity index (χ0n) is 8.36. The highest BCUT2D eigenvalue weighted by Crippen LogP contribution is 2.20. The van der Waals surface area contributed by atoms with Crippen molar-refractivity contribution in [3.63, 3.8) is 0 Å². The molecular formula is C12H11NOS. The lowest BCUT2D eigenvalue weighted by atomic mass is 10.2. The molecular weight excluding hydrogens is 206 g/mol. The molecule has 0 radical (unpaired) electrons. The number of nitrogens with one attached hydrogen (secondary N) is 1. The van der Waals surface area contributed by atoms with Gasteiger partial charge >= 0.3 is 0 Å². The Kier molecular flexibility index (Phi) is 2.83. The molecule has 76 valence electrons. The van der Waals surface area contributed by atoms with Gasteiger partial charge in [0.25, 0.3) is 5.91 Å². The highest BCUT2D eigenvalue weighted by molar-refractivity contribution is 7.14. The van der Waals surface area contributed by atoms with E-state index in [1.807, 2.05) is 36.6 Å². The standard InChI is InChI=1S/C12H11NOS/c1-9-7-11(15-8-9)13-12(14)10-5-3-2-4-6-10/h2-8H,1H3,(H,13,14). The maximum Gasteiger partial charge on any atom is 0.256 e. The fourth-order valence-electron chi connectivity index (χ4n) is 1.27. The Balaban J connectivity index is 2.11. The Labute approximate surface area is 92.6 Å². The van der Waals surface area contributed by atoms with Crippen LogP contribution in [0.25, 0.3) is 0 Å². The fourth-order valence-corrected chi connectivity index (χ4v) is 2.06. The molecule has 0 spiro atoms. The summed E-state index contributed by atoms with van der Waals surface area (Å²) in [5.41, 5.74) is 1.85. The number of hydrogen-bond acceptors (Lipinski definition) is 2. The molecule has 1 N–H and O–H groups in total. The third-order valence-electron chi connectivity index (χ3n) is 2.00. The van der Waals surface area contributed by atoms with E-state index in [0.29, 0.717) is 5.56 Å². The Morgan fingerprint density at radius 3 is 2.60 bits per heavy atom. The number of hydrogen-bond donors (Lipinski definition) is 1. The number of benzene rings is 1. The summed E-state index contributed by atoms with van der Waals surface area (Å²) < 4.78 is 0. The lowest BCUT2D eigenvalue weighted by Crippen LogP contribution is -2.10. The molecule has 1 aromatic carbocycles. The van der Waals surface area contributed by atoms with Crippen LogP contribution in [0, 0.1) is 6.92 Å². The van der Waals surface area contributed by atoms with Gasteiger partial charge in [0.05, 0.1) is 5.00 Å². The van der Waals surface area contributed by atoms with Crippen LogP contribution in [0.15, 0.2) is 41.8 Å². The van der Waals surface area contributed by atoms with Crippen LogP contribution in [0.3, 0.4) is 0 Å². The summed E-state index contributed by atoms with van der Waals surface area (Å²) in [7, 11) is 0. The first-order valence-electron chi connectivity index (χ1n) is 4.67. The summed E-state index contributed by atoms with van der Waals surface area (Å²) in [6.45, 7) is 2.01. The molecule has 3 heteroatoms. The van der Waals surface area contributed by atoms with Gasteiger partial charge in [0.1, 0.15) is 0 Å². The van der Waals surface area contributed by atoms with Gasteiger partial charge in [-0.15, -0.1) is 11.3 Å².